The van der Waals surface area contributed by atoms with Gasteiger partial charge in [0, 0.05) is 0 Å². The van der Waals surface area contributed by atoms with E-state index in [-0.39, 0.29) is 0 Å². The Bertz CT molecular complexity index is 220. The van der Waals surface area contributed by atoms with Gasteiger partial charge in [0.2, 0.25) is 0 Å². The summed E-state index contributed by atoms with van der Waals surface area (Å²) >= 11 is 0. The first kappa shape index (κ1) is 19.8. The molecule has 4 heteroatoms. The zero-order chi connectivity index (χ0) is 15.4. The third kappa shape index (κ3) is 3.97. The molecule has 0 spiro atoms. The van der Waals surface area contributed by atoms with Gasteiger partial charge >= 0.3 is 0 Å². The molecule has 0 amide bonds. The van der Waals surface area contributed by atoms with Crippen LogP contribution in [0.1, 0.15) is 81.1 Å². The van der Waals surface area contributed by atoms with E-state index in [1.807, 2.05) is 0 Å². The summed E-state index contributed by atoms with van der Waals surface area (Å²) in [5.74, 6) is 0. The molecule has 0 saturated carbocycles. The second kappa shape index (κ2) is 9.12. The molecule has 4 atom stereocenters. The smallest absolute Gasteiger partial charge is 0.0156 e. The third-order valence-electron chi connectivity index (χ3n) is 4.78. The van der Waals surface area contributed by atoms with Crippen molar-refractivity contribution in [1.29, 1.82) is 0 Å². The minimum Gasteiger partial charge on any atom is -0.0648 e. The van der Waals surface area contributed by atoms with E-state index >= 15 is 0 Å². The van der Waals surface area contributed by atoms with E-state index in [1.165, 1.54) is 25.7 Å². The van der Waals surface area contributed by atoms with Crippen LogP contribution in [-0.4, -0.2) is 22.6 Å². The molecule has 1 rings (SSSR count). The van der Waals surface area contributed by atoms with Crippen molar-refractivity contribution in [2.75, 3.05) is 0 Å². The molecular weight excluding hydrogens is 316 g/mol. The van der Waals surface area contributed by atoms with Crippen LogP contribution in [-0.2, 0) is 0 Å². The van der Waals surface area contributed by atoms with Crippen LogP contribution in [0, 0.1) is 0 Å². The molecule has 0 nitrogen and oxygen atoms in total. The number of rotatable bonds is 8. The van der Waals surface area contributed by atoms with Gasteiger partial charge in [0.05, 0.1) is 0 Å². The van der Waals surface area contributed by atoms with Gasteiger partial charge in [0.15, 0.2) is 0 Å². The van der Waals surface area contributed by atoms with E-state index < -0.39 is 0 Å². The minimum absolute atomic E-state index is 0.405. The fourth-order valence-corrected chi connectivity index (χ4v) is 54.5. The molecule has 0 aromatic carbocycles. The van der Waals surface area contributed by atoms with Gasteiger partial charge in [-0.1, -0.05) is 55.4 Å². The second-order valence-electron chi connectivity index (χ2n) is 6.31. The molecule has 4 unspecified atom stereocenters. The lowest BCUT2D eigenvalue weighted by Gasteiger charge is -2.61. The summed E-state index contributed by atoms with van der Waals surface area (Å²) in [4.78, 5) is 0. The standard InChI is InChI=1S/C16H36P4/c1-9-13(5)17-18(14(6)10-2)20(16(8)12-4)19(17)15(7)11-3/h13-16H,9-12H2,1-8H3. The number of hydrogen-bond acceptors (Lipinski definition) is 0. The fourth-order valence-electron chi connectivity index (χ4n) is 2.61. The van der Waals surface area contributed by atoms with Gasteiger partial charge in [-0.2, -0.15) is 0 Å². The van der Waals surface area contributed by atoms with E-state index in [2.05, 4.69) is 55.4 Å². The molecule has 1 aliphatic heterocycles. The molecule has 0 aliphatic carbocycles. The Balaban J connectivity index is 3.03. The highest BCUT2D eigenvalue weighted by Gasteiger charge is 2.55. The Hall–Kier alpha value is 1.72. The van der Waals surface area contributed by atoms with Gasteiger partial charge in [-0.3, -0.25) is 0 Å². The van der Waals surface area contributed by atoms with Gasteiger partial charge in [0.25, 0.3) is 0 Å². The third-order valence-corrected chi connectivity index (χ3v) is 44.5. The Labute approximate surface area is 133 Å². The van der Waals surface area contributed by atoms with E-state index in [1.54, 1.807) is 0 Å². The van der Waals surface area contributed by atoms with Crippen molar-refractivity contribution in [2.24, 2.45) is 0 Å². The lowest BCUT2D eigenvalue weighted by atomic mass is 10.4. The summed E-state index contributed by atoms with van der Waals surface area (Å²) in [5.41, 5.74) is 4.20. The molecule has 0 aromatic heterocycles. The molecule has 1 saturated heterocycles. The van der Waals surface area contributed by atoms with Crippen LogP contribution in [0.5, 0.6) is 0 Å². The first-order valence-corrected chi connectivity index (χ1v) is 17.1. The quantitative estimate of drug-likeness (QED) is 0.383. The van der Waals surface area contributed by atoms with Crippen LogP contribution >= 0.6 is 29.2 Å². The predicted octanol–water partition coefficient (Wildman–Crippen LogP) is 8.78. The Morgan fingerprint density at radius 2 is 0.600 bits per heavy atom. The Morgan fingerprint density at radius 3 is 0.700 bits per heavy atom. The summed E-state index contributed by atoms with van der Waals surface area (Å²) in [6, 6.07) is 0. The highest BCUT2D eigenvalue weighted by molar-refractivity contribution is 9.09. The molecule has 0 aromatic rings. The molecule has 0 bridgehead atoms. The predicted molar refractivity (Wildman–Crippen MR) is 107 cm³/mol. The summed E-state index contributed by atoms with van der Waals surface area (Å²) in [7, 11) is 1.62. The maximum Gasteiger partial charge on any atom is -0.0156 e. The van der Waals surface area contributed by atoms with Crippen molar-refractivity contribution >= 4 is 29.2 Å². The molecule has 1 aliphatic rings. The Kier molecular flexibility index (Phi) is 9.02. The summed E-state index contributed by atoms with van der Waals surface area (Å²) in [6.45, 7) is 20.1. The van der Waals surface area contributed by atoms with Crippen molar-refractivity contribution in [3.63, 3.8) is 0 Å². The SMILES string of the molecule is CCC(C)P1P(C(C)CC)P(C(C)CC)P1C(C)CC. The van der Waals surface area contributed by atoms with Gasteiger partial charge in [-0.15, -0.1) is 0 Å². The highest BCUT2D eigenvalue weighted by Crippen LogP contribution is 3.23. The molecule has 0 N–H and O–H groups in total. The monoisotopic (exact) mass is 352 g/mol. The van der Waals surface area contributed by atoms with Crippen LogP contribution in [0.25, 0.3) is 0 Å². The van der Waals surface area contributed by atoms with Gasteiger partial charge in [0.1, 0.15) is 0 Å². The largest absolute Gasteiger partial charge is 0.0648 e. The van der Waals surface area contributed by atoms with Crippen molar-refractivity contribution in [3.05, 3.63) is 0 Å². The van der Waals surface area contributed by atoms with Crippen molar-refractivity contribution < 1.29 is 0 Å². The van der Waals surface area contributed by atoms with E-state index in [0.29, 0.717) is 29.2 Å². The second-order valence-corrected chi connectivity index (χ2v) is 26.5. The molecule has 20 heavy (non-hydrogen) atoms. The van der Waals surface area contributed by atoms with Gasteiger partial charge < -0.3 is 0 Å². The zero-order valence-electron chi connectivity index (χ0n) is 14.9. The van der Waals surface area contributed by atoms with Gasteiger partial charge in [-0.05, 0) is 77.5 Å². The van der Waals surface area contributed by atoms with Gasteiger partial charge in [-0.25, -0.2) is 0 Å². The van der Waals surface area contributed by atoms with Crippen molar-refractivity contribution in [2.45, 2.75) is 104 Å². The lowest BCUT2D eigenvalue weighted by Crippen LogP contribution is -2.16. The molecule has 0 radical (unpaired) electrons. The fraction of sp³-hybridized carbons (Fsp3) is 1.00. The van der Waals surface area contributed by atoms with Crippen LogP contribution < -0.4 is 0 Å². The molecular formula is C16H36P4. The van der Waals surface area contributed by atoms with Crippen molar-refractivity contribution in [1.82, 2.24) is 0 Å². The van der Waals surface area contributed by atoms with Crippen molar-refractivity contribution in [3.8, 4) is 0 Å². The van der Waals surface area contributed by atoms with Crippen LogP contribution in [0.2, 0.25) is 0 Å². The Morgan fingerprint density at radius 1 is 0.450 bits per heavy atom. The van der Waals surface area contributed by atoms with Crippen LogP contribution in [0.3, 0.4) is 0 Å². The average molecular weight is 352 g/mol. The molecule has 1 heterocycles. The topological polar surface area (TPSA) is 0 Å². The summed E-state index contributed by atoms with van der Waals surface area (Å²) < 4.78 is 0. The first-order valence-electron chi connectivity index (χ1n) is 8.60. The highest BCUT2D eigenvalue weighted by atomic mass is 33.0. The summed E-state index contributed by atoms with van der Waals surface area (Å²) in [5, 5.41) is 0. The van der Waals surface area contributed by atoms with Crippen LogP contribution in [0.4, 0.5) is 0 Å². The average Bonchev–Trinajstić information content (AvgIpc) is 2.44. The minimum atomic E-state index is 0.405. The molecule has 1 fully saturated rings. The lowest BCUT2D eigenvalue weighted by molar-refractivity contribution is 0.879. The maximum absolute atomic E-state index is 2.59. The maximum atomic E-state index is 2.59. The van der Waals surface area contributed by atoms with E-state index in [9.17, 15) is 0 Å². The normalized spacial score (nSPS) is 36.0. The van der Waals surface area contributed by atoms with E-state index in [4.69, 9.17) is 0 Å². The number of hydrogen-bond donors (Lipinski definition) is 0. The summed E-state index contributed by atoms with van der Waals surface area (Å²) in [6.07, 6.45) is 5.72. The molecule has 120 valence electrons. The first-order chi connectivity index (χ1) is 9.44. The van der Waals surface area contributed by atoms with E-state index in [0.717, 1.165) is 22.6 Å². The zero-order valence-corrected chi connectivity index (χ0v) is 18.5. The van der Waals surface area contributed by atoms with Crippen LogP contribution in [0.15, 0.2) is 0 Å².